The van der Waals surface area contributed by atoms with E-state index in [9.17, 15) is 4.79 Å². The third kappa shape index (κ3) is 7.78. The average Bonchev–Trinajstić information content (AvgIpc) is 1.97. The standard InChI is InChI=1S/C6H12O3S/c1-10-5-4-8-2-3-9-6-7/h6H,2-5H2,1H3. The van der Waals surface area contributed by atoms with E-state index in [0.29, 0.717) is 19.7 Å². The Kier molecular flexibility index (Phi) is 8.59. The van der Waals surface area contributed by atoms with Gasteiger partial charge in [-0.25, -0.2) is 0 Å². The molecule has 4 heteroatoms. The Labute approximate surface area is 65.1 Å². The van der Waals surface area contributed by atoms with E-state index in [2.05, 4.69) is 4.74 Å². The first-order valence-corrected chi connectivity index (χ1v) is 4.43. The lowest BCUT2D eigenvalue weighted by molar-refractivity contribution is -0.130. The molecular formula is C6H12O3S. The molecule has 0 aromatic heterocycles. The molecule has 0 aromatic rings. The van der Waals surface area contributed by atoms with Crippen molar-refractivity contribution in [2.75, 3.05) is 31.8 Å². The van der Waals surface area contributed by atoms with E-state index < -0.39 is 0 Å². The Balaban J connectivity index is 2.70. The topological polar surface area (TPSA) is 35.5 Å². The molecule has 0 fully saturated rings. The van der Waals surface area contributed by atoms with Crippen LogP contribution >= 0.6 is 11.8 Å². The molecule has 0 saturated heterocycles. The second-order valence-electron chi connectivity index (χ2n) is 1.57. The van der Waals surface area contributed by atoms with Crippen LogP contribution in [0.1, 0.15) is 0 Å². The van der Waals surface area contributed by atoms with E-state index >= 15 is 0 Å². The van der Waals surface area contributed by atoms with Gasteiger partial charge in [-0.1, -0.05) is 0 Å². The van der Waals surface area contributed by atoms with E-state index in [0.717, 1.165) is 12.4 Å². The Morgan fingerprint density at radius 3 is 2.80 bits per heavy atom. The maximum Gasteiger partial charge on any atom is 0.293 e. The van der Waals surface area contributed by atoms with Crippen LogP contribution in [-0.2, 0) is 14.3 Å². The van der Waals surface area contributed by atoms with Crippen LogP contribution in [-0.4, -0.2) is 38.3 Å². The molecule has 0 saturated carbocycles. The molecule has 0 N–H and O–H groups in total. The fourth-order valence-electron chi connectivity index (χ4n) is 0.399. The largest absolute Gasteiger partial charge is 0.465 e. The summed E-state index contributed by atoms with van der Waals surface area (Å²) in [6.45, 7) is 2.01. The second-order valence-corrected chi connectivity index (χ2v) is 2.56. The first-order chi connectivity index (χ1) is 4.91. The van der Waals surface area contributed by atoms with Crippen molar-refractivity contribution >= 4 is 18.2 Å². The average molecular weight is 164 g/mol. The van der Waals surface area contributed by atoms with Gasteiger partial charge in [0.05, 0.1) is 13.2 Å². The van der Waals surface area contributed by atoms with Crippen LogP contribution in [0.3, 0.4) is 0 Å². The summed E-state index contributed by atoms with van der Waals surface area (Å²) in [6.07, 6.45) is 2.02. The maximum atomic E-state index is 9.61. The summed E-state index contributed by atoms with van der Waals surface area (Å²) in [4.78, 5) is 9.61. The highest BCUT2D eigenvalue weighted by Crippen LogP contribution is 1.89. The molecule has 0 aliphatic rings. The molecule has 0 radical (unpaired) electrons. The van der Waals surface area contributed by atoms with Crippen LogP contribution in [0.25, 0.3) is 0 Å². The highest BCUT2D eigenvalue weighted by atomic mass is 32.2. The van der Waals surface area contributed by atoms with Crippen molar-refractivity contribution in [3.05, 3.63) is 0 Å². The van der Waals surface area contributed by atoms with Gasteiger partial charge in [0.2, 0.25) is 0 Å². The molecular weight excluding hydrogens is 152 g/mol. The zero-order valence-corrected chi connectivity index (χ0v) is 6.86. The zero-order valence-electron chi connectivity index (χ0n) is 6.04. The fraction of sp³-hybridized carbons (Fsp3) is 0.833. The molecule has 10 heavy (non-hydrogen) atoms. The van der Waals surface area contributed by atoms with Crippen LogP contribution in [0, 0.1) is 0 Å². The number of ether oxygens (including phenoxy) is 2. The molecule has 0 aliphatic carbocycles. The van der Waals surface area contributed by atoms with E-state index in [-0.39, 0.29) is 0 Å². The fourth-order valence-corrected chi connectivity index (χ4v) is 0.684. The van der Waals surface area contributed by atoms with Crippen molar-refractivity contribution in [3.8, 4) is 0 Å². The predicted molar refractivity (Wildman–Crippen MR) is 41.2 cm³/mol. The van der Waals surface area contributed by atoms with Gasteiger partial charge in [0.25, 0.3) is 6.47 Å². The third-order valence-corrected chi connectivity index (χ3v) is 1.42. The number of thioether (sulfide) groups is 1. The third-order valence-electron chi connectivity index (χ3n) is 0.845. The molecule has 0 spiro atoms. The Bertz CT molecular complexity index is 77.4. The summed E-state index contributed by atoms with van der Waals surface area (Å²) in [6, 6.07) is 0. The minimum Gasteiger partial charge on any atom is -0.465 e. The monoisotopic (exact) mass is 164 g/mol. The first-order valence-electron chi connectivity index (χ1n) is 3.03. The molecule has 0 heterocycles. The SMILES string of the molecule is CSCCOCCOC=O. The molecule has 0 aromatic carbocycles. The first kappa shape index (κ1) is 9.78. The molecule has 0 atom stereocenters. The van der Waals surface area contributed by atoms with Crippen molar-refractivity contribution in [2.24, 2.45) is 0 Å². The lowest BCUT2D eigenvalue weighted by Gasteiger charge is -2.00. The number of carbonyl (C=O) groups is 1. The number of hydrogen-bond acceptors (Lipinski definition) is 4. The van der Waals surface area contributed by atoms with Gasteiger partial charge in [-0.3, -0.25) is 4.79 Å². The van der Waals surface area contributed by atoms with Crippen LogP contribution in [0.2, 0.25) is 0 Å². The summed E-state index contributed by atoms with van der Waals surface area (Å²) in [5.74, 6) is 0.987. The van der Waals surface area contributed by atoms with Gasteiger partial charge < -0.3 is 9.47 Å². The van der Waals surface area contributed by atoms with Gasteiger partial charge in [-0.15, -0.1) is 0 Å². The number of rotatable bonds is 7. The lowest BCUT2D eigenvalue weighted by Crippen LogP contribution is -2.05. The Morgan fingerprint density at radius 2 is 2.20 bits per heavy atom. The highest BCUT2D eigenvalue weighted by Gasteiger charge is 1.86. The van der Waals surface area contributed by atoms with Gasteiger partial charge >= 0.3 is 0 Å². The molecule has 0 rings (SSSR count). The summed E-state index contributed by atoms with van der Waals surface area (Å²) >= 11 is 1.73. The van der Waals surface area contributed by atoms with E-state index in [1.54, 1.807) is 11.8 Å². The predicted octanol–water partition coefficient (Wildman–Crippen LogP) is 0.539. The van der Waals surface area contributed by atoms with Gasteiger partial charge in [0.1, 0.15) is 6.61 Å². The van der Waals surface area contributed by atoms with Crippen LogP contribution < -0.4 is 0 Å². The van der Waals surface area contributed by atoms with E-state index in [1.807, 2.05) is 6.26 Å². The van der Waals surface area contributed by atoms with E-state index in [1.165, 1.54) is 0 Å². The number of carbonyl (C=O) groups excluding carboxylic acids is 1. The van der Waals surface area contributed by atoms with Crippen molar-refractivity contribution < 1.29 is 14.3 Å². The quantitative estimate of drug-likeness (QED) is 0.406. The van der Waals surface area contributed by atoms with Crippen LogP contribution in [0.5, 0.6) is 0 Å². The molecule has 0 aliphatic heterocycles. The van der Waals surface area contributed by atoms with Gasteiger partial charge in [-0.2, -0.15) is 11.8 Å². The van der Waals surface area contributed by atoms with Crippen molar-refractivity contribution in [1.82, 2.24) is 0 Å². The lowest BCUT2D eigenvalue weighted by atomic mass is 10.7. The van der Waals surface area contributed by atoms with Gasteiger partial charge in [0, 0.05) is 5.75 Å². The van der Waals surface area contributed by atoms with Crippen molar-refractivity contribution in [2.45, 2.75) is 0 Å². The normalized spacial score (nSPS) is 9.30. The smallest absolute Gasteiger partial charge is 0.293 e. The Morgan fingerprint density at radius 1 is 1.40 bits per heavy atom. The van der Waals surface area contributed by atoms with Crippen LogP contribution in [0.15, 0.2) is 0 Å². The maximum absolute atomic E-state index is 9.61. The Hall–Kier alpha value is -0.220. The molecule has 60 valence electrons. The molecule has 0 bridgehead atoms. The molecule has 0 unspecified atom stereocenters. The van der Waals surface area contributed by atoms with Crippen molar-refractivity contribution in [3.63, 3.8) is 0 Å². The van der Waals surface area contributed by atoms with Crippen LogP contribution in [0.4, 0.5) is 0 Å². The zero-order chi connectivity index (χ0) is 7.66. The summed E-state index contributed by atoms with van der Waals surface area (Å²) in [7, 11) is 0. The van der Waals surface area contributed by atoms with Crippen molar-refractivity contribution in [1.29, 1.82) is 0 Å². The molecule has 3 nitrogen and oxygen atoms in total. The second kappa shape index (κ2) is 8.78. The minimum absolute atomic E-state index is 0.359. The van der Waals surface area contributed by atoms with Gasteiger partial charge in [-0.05, 0) is 6.26 Å². The van der Waals surface area contributed by atoms with Gasteiger partial charge in [0.15, 0.2) is 0 Å². The summed E-state index contributed by atoms with van der Waals surface area (Å²) < 4.78 is 9.47. The number of hydrogen-bond donors (Lipinski definition) is 0. The summed E-state index contributed by atoms with van der Waals surface area (Å²) in [5, 5.41) is 0. The highest BCUT2D eigenvalue weighted by molar-refractivity contribution is 7.98. The summed E-state index contributed by atoms with van der Waals surface area (Å²) in [5.41, 5.74) is 0. The van der Waals surface area contributed by atoms with E-state index in [4.69, 9.17) is 4.74 Å². The molecule has 0 amide bonds. The minimum atomic E-state index is 0.359.